The van der Waals surface area contributed by atoms with Crippen LogP contribution in [0.25, 0.3) is 0 Å². The molecule has 2 aliphatic rings. The van der Waals surface area contributed by atoms with Gasteiger partial charge in [-0.1, -0.05) is 12.1 Å². The van der Waals surface area contributed by atoms with Crippen molar-refractivity contribution >= 4 is 0 Å². The van der Waals surface area contributed by atoms with Crippen LogP contribution in [-0.4, -0.2) is 18.7 Å². The molecule has 0 bridgehead atoms. The molecule has 0 saturated carbocycles. The number of nitrogens with zero attached hydrogens (tertiary/aromatic N) is 1. The Labute approximate surface area is 143 Å². The van der Waals surface area contributed by atoms with Crippen LogP contribution in [0.15, 0.2) is 30.5 Å². The number of nitrogens with one attached hydrogen (secondary N) is 1. The lowest BCUT2D eigenvalue weighted by Gasteiger charge is -2.20. The Morgan fingerprint density at radius 1 is 1.21 bits per heavy atom. The van der Waals surface area contributed by atoms with Gasteiger partial charge in [-0.05, 0) is 54.9 Å². The highest BCUT2D eigenvalue weighted by Crippen LogP contribution is 2.37. The predicted octanol–water partition coefficient (Wildman–Crippen LogP) is 3.58. The molecule has 1 unspecified atom stereocenters. The lowest BCUT2D eigenvalue weighted by Crippen LogP contribution is -2.21. The Balaban J connectivity index is 1.52. The third-order valence-electron chi connectivity index (χ3n) is 5.05. The van der Waals surface area contributed by atoms with E-state index in [0.717, 1.165) is 31.7 Å². The van der Waals surface area contributed by atoms with Crippen molar-refractivity contribution in [3.05, 3.63) is 52.7 Å². The van der Waals surface area contributed by atoms with E-state index in [4.69, 9.17) is 9.47 Å². The summed E-state index contributed by atoms with van der Waals surface area (Å²) in [5, 5.41) is 3.70. The minimum atomic E-state index is 0.343. The van der Waals surface area contributed by atoms with Crippen molar-refractivity contribution in [2.75, 3.05) is 13.7 Å². The molecular formula is C20H24N2O2. The van der Waals surface area contributed by atoms with Gasteiger partial charge in [0.25, 0.3) is 0 Å². The van der Waals surface area contributed by atoms with Gasteiger partial charge in [0.2, 0.25) is 5.88 Å². The number of aromatic nitrogens is 1. The van der Waals surface area contributed by atoms with Gasteiger partial charge in [-0.2, -0.15) is 0 Å². The molecule has 4 heteroatoms. The van der Waals surface area contributed by atoms with E-state index in [1.807, 2.05) is 12.3 Å². The van der Waals surface area contributed by atoms with Crippen LogP contribution in [0, 0.1) is 0 Å². The van der Waals surface area contributed by atoms with E-state index in [9.17, 15) is 0 Å². The van der Waals surface area contributed by atoms with Gasteiger partial charge in [-0.25, -0.2) is 4.98 Å². The maximum absolute atomic E-state index is 6.02. The van der Waals surface area contributed by atoms with Gasteiger partial charge in [0.1, 0.15) is 5.75 Å². The maximum atomic E-state index is 6.02. The van der Waals surface area contributed by atoms with E-state index >= 15 is 0 Å². The first-order valence-corrected chi connectivity index (χ1v) is 8.84. The fourth-order valence-electron chi connectivity index (χ4n) is 3.73. The van der Waals surface area contributed by atoms with Crippen LogP contribution in [-0.2, 0) is 19.4 Å². The van der Waals surface area contributed by atoms with E-state index in [-0.39, 0.29) is 0 Å². The number of hydrogen-bond acceptors (Lipinski definition) is 4. The van der Waals surface area contributed by atoms with Crippen LogP contribution in [0.1, 0.15) is 47.6 Å². The molecule has 1 atom stereocenters. The lowest BCUT2D eigenvalue weighted by atomic mass is 9.97. The largest absolute Gasteiger partial charge is 0.493 e. The van der Waals surface area contributed by atoms with E-state index in [1.54, 1.807) is 7.11 Å². The summed E-state index contributed by atoms with van der Waals surface area (Å²) in [4.78, 5) is 4.28. The summed E-state index contributed by atoms with van der Waals surface area (Å²) in [6.45, 7) is 1.62. The van der Waals surface area contributed by atoms with E-state index in [1.165, 1.54) is 41.5 Å². The quantitative estimate of drug-likeness (QED) is 0.933. The van der Waals surface area contributed by atoms with Crippen LogP contribution in [0.3, 0.4) is 0 Å². The second-order valence-electron chi connectivity index (χ2n) is 6.65. The first kappa shape index (κ1) is 15.5. The Kier molecular flexibility index (Phi) is 4.39. The zero-order chi connectivity index (χ0) is 16.4. The molecule has 2 aromatic rings. The predicted molar refractivity (Wildman–Crippen MR) is 93.6 cm³/mol. The van der Waals surface area contributed by atoms with E-state index < -0.39 is 0 Å². The maximum Gasteiger partial charge on any atom is 0.212 e. The van der Waals surface area contributed by atoms with Crippen molar-refractivity contribution in [2.45, 2.75) is 44.7 Å². The fraction of sp³-hybridized carbons (Fsp3) is 0.450. The number of methoxy groups -OCH3 is 1. The number of pyridine rings is 1. The highest BCUT2D eigenvalue weighted by atomic mass is 16.5. The number of ether oxygens (including phenoxy) is 2. The second-order valence-corrected chi connectivity index (χ2v) is 6.65. The van der Waals surface area contributed by atoms with E-state index in [0.29, 0.717) is 11.9 Å². The smallest absolute Gasteiger partial charge is 0.212 e. The fourth-order valence-corrected chi connectivity index (χ4v) is 3.73. The van der Waals surface area contributed by atoms with Gasteiger partial charge in [0, 0.05) is 30.4 Å². The van der Waals surface area contributed by atoms with Crippen molar-refractivity contribution in [3.8, 4) is 11.6 Å². The molecule has 0 fully saturated rings. The monoisotopic (exact) mass is 324 g/mol. The van der Waals surface area contributed by atoms with Gasteiger partial charge in [0.15, 0.2) is 0 Å². The van der Waals surface area contributed by atoms with Crippen molar-refractivity contribution in [1.29, 1.82) is 0 Å². The Hall–Kier alpha value is -2.07. The van der Waals surface area contributed by atoms with Crippen LogP contribution < -0.4 is 14.8 Å². The van der Waals surface area contributed by atoms with Crippen molar-refractivity contribution in [1.82, 2.24) is 10.3 Å². The molecule has 1 N–H and O–H groups in total. The molecule has 0 saturated heterocycles. The van der Waals surface area contributed by atoms with Gasteiger partial charge in [-0.3, -0.25) is 0 Å². The summed E-state index contributed by atoms with van der Waals surface area (Å²) in [5.41, 5.74) is 5.49. The lowest BCUT2D eigenvalue weighted by molar-refractivity contribution is 0.315. The zero-order valence-electron chi connectivity index (χ0n) is 14.2. The van der Waals surface area contributed by atoms with Gasteiger partial charge in [-0.15, -0.1) is 0 Å². The summed E-state index contributed by atoms with van der Waals surface area (Å²) in [7, 11) is 1.64. The number of fused-ring (bicyclic) bond motifs is 2. The van der Waals surface area contributed by atoms with Gasteiger partial charge in [0.05, 0.1) is 13.7 Å². The summed E-state index contributed by atoms with van der Waals surface area (Å²) in [6, 6.07) is 8.99. The van der Waals surface area contributed by atoms with Crippen LogP contribution >= 0.6 is 0 Å². The Bertz CT molecular complexity index is 712. The SMILES string of the molecule is COc1ccc(CNC2CCCOc3cc4c(cc32)CCC4)cn1. The summed E-state index contributed by atoms with van der Waals surface area (Å²) < 4.78 is 11.1. The zero-order valence-corrected chi connectivity index (χ0v) is 14.2. The molecule has 126 valence electrons. The highest BCUT2D eigenvalue weighted by Gasteiger charge is 2.23. The molecule has 1 aliphatic carbocycles. The highest BCUT2D eigenvalue weighted by molar-refractivity contribution is 5.46. The minimum absolute atomic E-state index is 0.343. The van der Waals surface area contributed by atoms with E-state index in [2.05, 4.69) is 28.5 Å². The number of aryl methyl sites for hydroxylation is 2. The third-order valence-corrected chi connectivity index (χ3v) is 5.05. The average molecular weight is 324 g/mol. The van der Waals surface area contributed by atoms with Crippen LogP contribution in [0.2, 0.25) is 0 Å². The molecule has 0 spiro atoms. The van der Waals surface area contributed by atoms with Crippen molar-refractivity contribution in [3.63, 3.8) is 0 Å². The van der Waals surface area contributed by atoms with Crippen molar-refractivity contribution < 1.29 is 9.47 Å². The first-order chi connectivity index (χ1) is 11.8. The first-order valence-electron chi connectivity index (χ1n) is 8.84. The second kappa shape index (κ2) is 6.81. The molecule has 0 radical (unpaired) electrons. The standard InChI is InChI=1S/C20H24N2O2/c1-23-20-8-7-14(13-22-20)12-21-18-6-3-9-24-19-11-16-5-2-4-15(16)10-17(18)19/h7-8,10-11,13,18,21H,2-6,9,12H2,1H3. The normalized spacial score (nSPS) is 19.1. The summed E-state index contributed by atoms with van der Waals surface area (Å²) >= 11 is 0. The van der Waals surface area contributed by atoms with Crippen LogP contribution in [0.5, 0.6) is 11.6 Å². The van der Waals surface area contributed by atoms with Gasteiger partial charge < -0.3 is 14.8 Å². The average Bonchev–Trinajstić information content (AvgIpc) is 2.99. The molecule has 1 aromatic carbocycles. The molecule has 1 aromatic heterocycles. The van der Waals surface area contributed by atoms with Crippen molar-refractivity contribution in [2.24, 2.45) is 0 Å². The molecular weight excluding hydrogens is 300 g/mol. The molecule has 2 heterocycles. The number of rotatable bonds is 4. The molecule has 4 rings (SSSR count). The minimum Gasteiger partial charge on any atom is -0.493 e. The Morgan fingerprint density at radius 3 is 2.88 bits per heavy atom. The molecule has 1 aliphatic heterocycles. The number of hydrogen-bond donors (Lipinski definition) is 1. The number of benzene rings is 1. The Morgan fingerprint density at radius 2 is 2.08 bits per heavy atom. The summed E-state index contributed by atoms with van der Waals surface area (Å²) in [6.07, 6.45) is 7.74. The summed E-state index contributed by atoms with van der Waals surface area (Å²) in [5.74, 6) is 1.74. The molecule has 24 heavy (non-hydrogen) atoms. The third kappa shape index (κ3) is 3.11. The molecule has 4 nitrogen and oxygen atoms in total. The topological polar surface area (TPSA) is 43.4 Å². The van der Waals surface area contributed by atoms with Gasteiger partial charge >= 0.3 is 0 Å². The molecule has 0 amide bonds. The van der Waals surface area contributed by atoms with Crippen LogP contribution in [0.4, 0.5) is 0 Å².